The van der Waals surface area contributed by atoms with E-state index in [-0.39, 0.29) is 0 Å². The van der Waals surface area contributed by atoms with E-state index < -0.39 is 0 Å². The Hall–Kier alpha value is -0.520. The molecular formula is C14H32. The van der Waals surface area contributed by atoms with E-state index >= 15 is 0 Å². The summed E-state index contributed by atoms with van der Waals surface area (Å²) >= 11 is 0. The van der Waals surface area contributed by atoms with Gasteiger partial charge in [-0.1, -0.05) is 60.1 Å². The molecule has 0 aromatic carbocycles. The predicted octanol–water partition coefficient (Wildman–Crippen LogP) is 5.85. The van der Waals surface area contributed by atoms with Crippen molar-refractivity contribution >= 4 is 0 Å². The van der Waals surface area contributed by atoms with Crippen molar-refractivity contribution in [2.75, 3.05) is 0 Å². The number of allylic oxidation sites excluding steroid dienone is 2. The Morgan fingerprint density at radius 3 is 1.43 bits per heavy atom. The van der Waals surface area contributed by atoms with Crippen LogP contribution in [0.5, 0.6) is 0 Å². The van der Waals surface area contributed by atoms with E-state index in [2.05, 4.69) is 27.0 Å². The van der Waals surface area contributed by atoms with Gasteiger partial charge in [0, 0.05) is 0 Å². The first-order valence-corrected chi connectivity index (χ1v) is 5.90. The molecule has 14 heavy (non-hydrogen) atoms. The van der Waals surface area contributed by atoms with Crippen LogP contribution in [0.1, 0.15) is 61.3 Å². The smallest absolute Gasteiger partial charge is 0.0328 e. The molecule has 0 nitrogen and oxygen atoms in total. The molecule has 0 aromatic heterocycles. The minimum absolute atomic E-state index is 0.831. The Kier molecular flexibility index (Phi) is 65.4. The molecular weight excluding hydrogens is 168 g/mol. The van der Waals surface area contributed by atoms with Gasteiger partial charge in [-0.25, -0.2) is 0 Å². The van der Waals surface area contributed by atoms with Gasteiger partial charge in [0.2, 0.25) is 0 Å². The maximum Gasteiger partial charge on any atom is -0.0328 e. The largest absolute Gasteiger partial charge is 0.103 e. The summed E-state index contributed by atoms with van der Waals surface area (Å²) in [5.41, 5.74) is 0. The molecule has 0 saturated heterocycles. The van der Waals surface area contributed by atoms with Gasteiger partial charge in [-0.15, -0.1) is 13.2 Å². The molecule has 0 spiro atoms. The van der Waals surface area contributed by atoms with Crippen LogP contribution in [0.3, 0.4) is 0 Å². The molecule has 0 saturated carbocycles. The average Bonchev–Trinajstić information content (AvgIpc) is 2.25. The molecule has 0 rings (SSSR count). The zero-order valence-corrected chi connectivity index (χ0v) is 11.6. The standard InChI is InChI=1S/C7H14.C3H6.2C2H6/c1-4-6-7(3)5-2;1-3-2;2*1-2/h4,7H,1,5-6H2,2-3H3;3H,1H2,2H3;2*1-2H3. The van der Waals surface area contributed by atoms with Crippen LogP contribution in [0.4, 0.5) is 0 Å². The van der Waals surface area contributed by atoms with Gasteiger partial charge < -0.3 is 0 Å². The molecule has 0 heterocycles. The van der Waals surface area contributed by atoms with Crippen molar-refractivity contribution in [2.45, 2.75) is 61.3 Å². The van der Waals surface area contributed by atoms with Gasteiger partial charge >= 0.3 is 0 Å². The maximum atomic E-state index is 3.65. The lowest BCUT2D eigenvalue weighted by atomic mass is 10.1. The molecule has 0 radical (unpaired) electrons. The Balaban J connectivity index is -0.0000000603. The number of rotatable bonds is 3. The SMILES string of the molecule is C=CC.C=CCC(C)CC.CC.CC. The third-order valence-corrected chi connectivity index (χ3v) is 1.27. The first-order chi connectivity index (χ1) is 6.72. The fraction of sp³-hybridized carbons (Fsp3) is 0.714. The van der Waals surface area contributed by atoms with Gasteiger partial charge in [0.15, 0.2) is 0 Å². The number of hydrogen-bond acceptors (Lipinski definition) is 0. The van der Waals surface area contributed by atoms with E-state index in [1.165, 1.54) is 6.42 Å². The lowest BCUT2D eigenvalue weighted by molar-refractivity contribution is 0.572. The summed E-state index contributed by atoms with van der Waals surface area (Å²) in [5, 5.41) is 0. The van der Waals surface area contributed by atoms with Crippen molar-refractivity contribution in [3.05, 3.63) is 25.3 Å². The Morgan fingerprint density at radius 1 is 1.07 bits per heavy atom. The Labute approximate surface area is 93.1 Å². The molecule has 88 valence electrons. The van der Waals surface area contributed by atoms with Gasteiger partial charge in [0.05, 0.1) is 0 Å². The van der Waals surface area contributed by atoms with E-state index in [1.807, 2.05) is 40.7 Å². The second-order valence-corrected chi connectivity index (χ2v) is 2.45. The van der Waals surface area contributed by atoms with Gasteiger partial charge in [0.25, 0.3) is 0 Å². The van der Waals surface area contributed by atoms with Gasteiger partial charge in [-0.05, 0) is 19.3 Å². The van der Waals surface area contributed by atoms with Crippen LogP contribution < -0.4 is 0 Å². The molecule has 0 amide bonds. The quantitative estimate of drug-likeness (QED) is 0.501. The van der Waals surface area contributed by atoms with Crippen LogP contribution in [0, 0.1) is 5.92 Å². The van der Waals surface area contributed by atoms with Gasteiger partial charge in [0.1, 0.15) is 0 Å². The molecule has 0 N–H and O–H groups in total. The topological polar surface area (TPSA) is 0 Å². The lowest BCUT2D eigenvalue weighted by Crippen LogP contribution is -1.86. The second kappa shape index (κ2) is 39.2. The molecule has 0 fully saturated rings. The van der Waals surface area contributed by atoms with Crippen molar-refractivity contribution in [3.8, 4) is 0 Å². The first kappa shape index (κ1) is 23.4. The highest BCUT2D eigenvalue weighted by Gasteiger charge is 1.90. The molecule has 0 aromatic rings. The van der Waals surface area contributed by atoms with Gasteiger partial charge in [-0.2, -0.15) is 0 Å². The first-order valence-electron chi connectivity index (χ1n) is 5.90. The van der Waals surface area contributed by atoms with Crippen molar-refractivity contribution in [3.63, 3.8) is 0 Å². The van der Waals surface area contributed by atoms with Crippen LogP contribution in [0.25, 0.3) is 0 Å². The summed E-state index contributed by atoms with van der Waals surface area (Å²) < 4.78 is 0. The van der Waals surface area contributed by atoms with Crippen LogP contribution in [-0.2, 0) is 0 Å². The highest BCUT2D eigenvalue weighted by Crippen LogP contribution is 2.04. The highest BCUT2D eigenvalue weighted by molar-refractivity contribution is 4.68. The van der Waals surface area contributed by atoms with Crippen molar-refractivity contribution < 1.29 is 0 Å². The molecule has 1 atom stereocenters. The van der Waals surface area contributed by atoms with Gasteiger partial charge in [-0.3, -0.25) is 0 Å². The second-order valence-electron chi connectivity index (χ2n) is 2.45. The fourth-order valence-electron chi connectivity index (χ4n) is 0.451. The van der Waals surface area contributed by atoms with E-state index in [9.17, 15) is 0 Å². The van der Waals surface area contributed by atoms with E-state index in [4.69, 9.17) is 0 Å². The molecule has 0 aliphatic rings. The Morgan fingerprint density at radius 2 is 1.36 bits per heavy atom. The summed E-state index contributed by atoms with van der Waals surface area (Å²) in [6.07, 6.45) is 6.16. The summed E-state index contributed by atoms with van der Waals surface area (Å²) in [6, 6.07) is 0. The van der Waals surface area contributed by atoms with E-state index in [1.54, 1.807) is 6.08 Å². The summed E-state index contributed by atoms with van der Waals surface area (Å²) in [7, 11) is 0. The van der Waals surface area contributed by atoms with Crippen molar-refractivity contribution in [1.29, 1.82) is 0 Å². The van der Waals surface area contributed by atoms with Crippen LogP contribution >= 0.6 is 0 Å². The van der Waals surface area contributed by atoms with E-state index in [0.29, 0.717) is 0 Å². The zero-order chi connectivity index (χ0) is 12.4. The third kappa shape index (κ3) is 62.8. The van der Waals surface area contributed by atoms with E-state index in [0.717, 1.165) is 12.3 Å². The van der Waals surface area contributed by atoms with Crippen LogP contribution in [0.15, 0.2) is 25.3 Å². The summed E-state index contributed by atoms with van der Waals surface area (Å²) in [5.74, 6) is 0.831. The summed E-state index contributed by atoms with van der Waals surface area (Å²) in [6.45, 7) is 21.3. The van der Waals surface area contributed by atoms with Crippen LogP contribution in [0.2, 0.25) is 0 Å². The monoisotopic (exact) mass is 200 g/mol. The number of hydrogen-bond donors (Lipinski definition) is 0. The summed E-state index contributed by atoms with van der Waals surface area (Å²) in [4.78, 5) is 0. The average molecular weight is 200 g/mol. The minimum Gasteiger partial charge on any atom is -0.103 e. The normalized spacial score (nSPS) is 8.50. The lowest BCUT2D eigenvalue weighted by Gasteiger charge is -2.00. The fourth-order valence-corrected chi connectivity index (χ4v) is 0.451. The minimum atomic E-state index is 0.831. The predicted molar refractivity (Wildman–Crippen MR) is 72.8 cm³/mol. The van der Waals surface area contributed by atoms with Crippen molar-refractivity contribution in [2.24, 2.45) is 5.92 Å². The Bertz CT molecular complexity index is 72.1. The molecule has 1 unspecified atom stereocenters. The molecule has 0 aliphatic heterocycles. The molecule has 0 aliphatic carbocycles. The van der Waals surface area contributed by atoms with Crippen molar-refractivity contribution in [1.82, 2.24) is 0 Å². The molecule has 0 bridgehead atoms. The van der Waals surface area contributed by atoms with Crippen LogP contribution in [-0.4, -0.2) is 0 Å². The molecule has 0 heteroatoms. The third-order valence-electron chi connectivity index (χ3n) is 1.27. The maximum absolute atomic E-state index is 3.65. The highest BCUT2D eigenvalue weighted by atomic mass is 14.0. The zero-order valence-electron chi connectivity index (χ0n) is 11.6.